The fourth-order valence-electron chi connectivity index (χ4n) is 6.98. The molecular formula is C20H24ClN3. The van der Waals surface area contributed by atoms with E-state index in [1.165, 1.54) is 38.5 Å². The van der Waals surface area contributed by atoms with E-state index >= 15 is 0 Å². The fourth-order valence-corrected chi connectivity index (χ4v) is 7.16. The quantitative estimate of drug-likeness (QED) is 0.738. The maximum absolute atomic E-state index is 6.20. The Morgan fingerprint density at radius 3 is 2.42 bits per heavy atom. The third-order valence-corrected chi connectivity index (χ3v) is 6.75. The number of anilines is 1. The van der Waals surface area contributed by atoms with Crippen LogP contribution < -0.4 is 5.32 Å². The lowest BCUT2D eigenvalue weighted by molar-refractivity contribution is -0.0973. The van der Waals surface area contributed by atoms with Gasteiger partial charge in [0.1, 0.15) is 5.82 Å². The molecule has 2 unspecified atom stereocenters. The van der Waals surface area contributed by atoms with Gasteiger partial charge in [-0.25, -0.2) is 9.97 Å². The number of rotatable bonds is 2. The molecule has 4 fully saturated rings. The smallest absolute Gasteiger partial charge is 0.224 e. The van der Waals surface area contributed by atoms with Crippen molar-refractivity contribution >= 4 is 28.3 Å². The minimum atomic E-state index is 0.170. The van der Waals surface area contributed by atoms with E-state index in [0.29, 0.717) is 16.1 Å². The largest absolute Gasteiger partial charge is 0.364 e. The summed E-state index contributed by atoms with van der Waals surface area (Å²) in [6.07, 6.45) is 7.96. The Morgan fingerprint density at radius 1 is 1.00 bits per heavy atom. The zero-order valence-electron chi connectivity index (χ0n) is 14.4. The minimum absolute atomic E-state index is 0.170. The molecule has 6 rings (SSSR count). The first-order chi connectivity index (χ1) is 11.4. The monoisotopic (exact) mass is 341 g/mol. The lowest BCUT2D eigenvalue weighted by Gasteiger charge is -2.65. The van der Waals surface area contributed by atoms with Crippen molar-refractivity contribution in [2.24, 2.45) is 16.7 Å². The van der Waals surface area contributed by atoms with Crippen molar-refractivity contribution in [3.63, 3.8) is 0 Å². The summed E-state index contributed by atoms with van der Waals surface area (Å²) < 4.78 is 0. The highest BCUT2D eigenvalue weighted by Gasteiger charge is 2.60. The normalized spacial score (nSPS) is 40.2. The van der Waals surface area contributed by atoms with Gasteiger partial charge in [0.25, 0.3) is 0 Å². The van der Waals surface area contributed by atoms with E-state index in [1.807, 2.05) is 18.2 Å². The van der Waals surface area contributed by atoms with Gasteiger partial charge in [-0.3, -0.25) is 0 Å². The summed E-state index contributed by atoms with van der Waals surface area (Å²) in [5, 5.41) is 5.29. The van der Waals surface area contributed by atoms with E-state index in [0.717, 1.165) is 22.6 Å². The molecule has 0 aliphatic heterocycles. The van der Waals surface area contributed by atoms with Crippen molar-refractivity contribution in [3.05, 3.63) is 29.5 Å². The van der Waals surface area contributed by atoms with Crippen molar-refractivity contribution in [2.45, 2.75) is 57.9 Å². The number of fused-ring (bicyclic) bond motifs is 1. The number of benzene rings is 1. The van der Waals surface area contributed by atoms with Crippen LogP contribution in [0.1, 0.15) is 52.4 Å². The Bertz CT molecular complexity index is 815. The highest BCUT2D eigenvalue weighted by molar-refractivity contribution is 6.28. The molecule has 4 heteroatoms. The van der Waals surface area contributed by atoms with E-state index in [2.05, 4.69) is 35.2 Å². The minimum Gasteiger partial charge on any atom is -0.364 e. The summed E-state index contributed by atoms with van der Waals surface area (Å²) in [7, 11) is 0. The molecule has 3 nitrogen and oxygen atoms in total. The first-order valence-corrected chi connectivity index (χ1v) is 9.45. The van der Waals surface area contributed by atoms with Crippen molar-refractivity contribution in [1.29, 1.82) is 0 Å². The molecule has 24 heavy (non-hydrogen) atoms. The zero-order valence-corrected chi connectivity index (χ0v) is 15.2. The molecule has 1 heterocycles. The standard InChI is InChI=1S/C20H24ClN3/c1-18-7-13-8-19(2,10-18)12-20(9-13,11-18)24-16-14-5-3-4-6-15(14)22-17(21)23-16/h3-6,13H,7-12H2,1-2H3,(H,22,23,24). The van der Waals surface area contributed by atoms with Gasteiger partial charge in [0.15, 0.2) is 0 Å². The fraction of sp³-hybridized carbons (Fsp3) is 0.600. The summed E-state index contributed by atoms with van der Waals surface area (Å²) in [5.74, 6) is 1.77. The highest BCUT2D eigenvalue weighted by Crippen LogP contribution is 2.66. The van der Waals surface area contributed by atoms with Crippen LogP contribution in [0.15, 0.2) is 24.3 Å². The lowest BCUT2D eigenvalue weighted by Crippen LogP contribution is -2.61. The van der Waals surface area contributed by atoms with Crippen LogP contribution in [-0.2, 0) is 0 Å². The molecule has 4 aliphatic carbocycles. The summed E-state index contributed by atoms with van der Waals surface area (Å²) in [6.45, 7) is 4.99. The highest BCUT2D eigenvalue weighted by atomic mass is 35.5. The average Bonchev–Trinajstić information content (AvgIpc) is 2.42. The van der Waals surface area contributed by atoms with Gasteiger partial charge in [-0.2, -0.15) is 0 Å². The number of nitrogens with one attached hydrogen (secondary N) is 1. The topological polar surface area (TPSA) is 37.8 Å². The van der Waals surface area contributed by atoms with E-state index in [1.54, 1.807) is 0 Å². The average molecular weight is 342 g/mol. The van der Waals surface area contributed by atoms with Crippen molar-refractivity contribution in [2.75, 3.05) is 5.32 Å². The summed E-state index contributed by atoms with van der Waals surface area (Å²) >= 11 is 6.20. The van der Waals surface area contributed by atoms with Crippen LogP contribution in [-0.4, -0.2) is 15.5 Å². The molecule has 0 spiro atoms. The summed E-state index contributed by atoms with van der Waals surface area (Å²) in [6, 6.07) is 8.16. The molecule has 126 valence electrons. The van der Waals surface area contributed by atoms with Gasteiger partial charge in [-0.05, 0) is 79.0 Å². The number of hydrogen-bond acceptors (Lipinski definition) is 3. The molecule has 0 saturated heterocycles. The number of nitrogens with zero attached hydrogens (tertiary/aromatic N) is 2. The van der Waals surface area contributed by atoms with Crippen LogP contribution in [0.3, 0.4) is 0 Å². The Morgan fingerprint density at radius 2 is 1.71 bits per heavy atom. The van der Waals surface area contributed by atoms with Gasteiger partial charge in [0.2, 0.25) is 5.28 Å². The first kappa shape index (κ1) is 14.9. The molecule has 2 aromatic rings. The molecule has 1 aromatic carbocycles. The van der Waals surface area contributed by atoms with E-state index in [4.69, 9.17) is 11.6 Å². The van der Waals surface area contributed by atoms with Gasteiger partial charge >= 0.3 is 0 Å². The van der Waals surface area contributed by atoms with Gasteiger partial charge < -0.3 is 5.32 Å². The number of aromatic nitrogens is 2. The van der Waals surface area contributed by atoms with Crippen LogP contribution in [0.25, 0.3) is 10.9 Å². The number of halogens is 1. The third kappa shape index (κ3) is 2.24. The number of hydrogen-bond donors (Lipinski definition) is 1. The van der Waals surface area contributed by atoms with Crippen LogP contribution in [0.4, 0.5) is 5.82 Å². The van der Waals surface area contributed by atoms with Crippen LogP contribution in [0.2, 0.25) is 5.28 Å². The SMILES string of the molecule is CC12CC3CC(C)(C1)CC(Nc1nc(Cl)nc4ccccc14)(C3)C2. The molecule has 1 N–H and O–H groups in total. The molecule has 0 amide bonds. The predicted molar refractivity (Wildman–Crippen MR) is 98.3 cm³/mol. The zero-order chi connectivity index (χ0) is 16.6. The van der Waals surface area contributed by atoms with Crippen LogP contribution in [0.5, 0.6) is 0 Å². The van der Waals surface area contributed by atoms with Crippen molar-refractivity contribution in [3.8, 4) is 0 Å². The Balaban J connectivity index is 1.59. The molecule has 4 aliphatic rings. The molecule has 4 bridgehead atoms. The van der Waals surface area contributed by atoms with E-state index in [9.17, 15) is 0 Å². The molecule has 0 radical (unpaired) electrons. The maximum atomic E-state index is 6.20. The molecule has 4 saturated carbocycles. The lowest BCUT2D eigenvalue weighted by atomic mass is 9.43. The van der Waals surface area contributed by atoms with Crippen LogP contribution in [0, 0.1) is 16.7 Å². The van der Waals surface area contributed by atoms with Crippen LogP contribution >= 0.6 is 11.6 Å². The van der Waals surface area contributed by atoms with E-state index < -0.39 is 0 Å². The van der Waals surface area contributed by atoms with Crippen molar-refractivity contribution in [1.82, 2.24) is 9.97 Å². The second-order valence-corrected chi connectivity index (χ2v) is 9.73. The first-order valence-electron chi connectivity index (χ1n) is 9.07. The van der Waals surface area contributed by atoms with Crippen molar-refractivity contribution < 1.29 is 0 Å². The second kappa shape index (κ2) is 4.63. The summed E-state index contributed by atoms with van der Waals surface area (Å²) in [5.41, 5.74) is 2.05. The predicted octanol–water partition coefficient (Wildman–Crippen LogP) is 5.44. The Labute approximate surface area is 148 Å². The van der Waals surface area contributed by atoms with Gasteiger partial charge in [0.05, 0.1) is 5.52 Å². The van der Waals surface area contributed by atoms with Gasteiger partial charge in [-0.15, -0.1) is 0 Å². The molecule has 1 aromatic heterocycles. The second-order valence-electron chi connectivity index (χ2n) is 9.39. The van der Waals surface area contributed by atoms with E-state index in [-0.39, 0.29) is 5.54 Å². The Hall–Kier alpha value is -1.35. The third-order valence-electron chi connectivity index (χ3n) is 6.59. The summed E-state index contributed by atoms with van der Waals surface area (Å²) in [4.78, 5) is 8.94. The number of para-hydroxylation sites is 1. The Kier molecular flexibility index (Phi) is 2.88. The molecule has 2 atom stereocenters. The molecular weight excluding hydrogens is 318 g/mol. The maximum Gasteiger partial charge on any atom is 0.224 e. The van der Waals surface area contributed by atoms with Gasteiger partial charge in [-0.1, -0.05) is 26.0 Å². The van der Waals surface area contributed by atoms with Gasteiger partial charge in [0, 0.05) is 10.9 Å².